The van der Waals surface area contributed by atoms with Crippen molar-refractivity contribution in [1.29, 1.82) is 0 Å². The summed E-state index contributed by atoms with van der Waals surface area (Å²) in [6.07, 6.45) is 0. The van der Waals surface area contributed by atoms with Gasteiger partial charge in [-0.15, -0.1) is 0 Å². The highest BCUT2D eigenvalue weighted by Gasteiger charge is 2.15. The van der Waals surface area contributed by atoms with Gasteiger partial charge in [-0.3, -0.25) is 10.1 Å². The van der Waals surface area contributed by atoms with Gasteiger partial charge >= 0.3 is 0 Å². The molecule has 2 aromatic carbocycles. The molecule has 23 heavy (non-hydrogen) atoms. The zero-order valence-corrected chi connectivity index (χ0v) is 16.4. The van der Waals surface area contributed by atoms with Crippen LogP contribution < -0.4 is 15.4 Å². The third-order valence-corrected chi connectivity index (χ3v) is 4.18. The van der Waals surface area contributed by atoms with E-state index < -0.39 is 11.7 Å². The Kier molecular flexibility index (Phi) is 6.31. The maximum Gasteiger partial charge on any atom is 0.261 e. The average Bonchev–Trinajstić information content (AvgIpc) is 2.50. The number of hydrogen-bond donors (Lipinski definition) is 2. The lowest BCUT2D eigenvalue weighted by atomic mass is 10.2. The topological polar surface area (TPSA) is 50.4 Å². The van der Waals surface area contributed by atoms with Gasteiger partial charge in [0, 0.05) is 8.04 Å². The highest BCUT2D eigenvalue weighted by atomic mass is 127. The molecule has 0 aliphatic carbocycles. The molecule has 2 rings (SSSR count). The number of ether oxygens (including phenoxy) is 1. The minimum Gasteiger partial charge on any atom is -0.496 e. The van der Waals surface area contributed by atoms with Crippen LogP contribution in [0, 0.1) is 9.39 Å². The van der Waals surface area contributed by atoms with Crippen molar-refractivity contribution in [3.05, 3.63) is 55.8 Å². The molecular formula is C15H11BrFIN2O2S. The molecule has 8 heteroatoms. The third kappa shape index (κ3) is 4.85. The second-order valence-corrected chi connectivity index (χ2v) is 6.95. The van der Waals surface area contributed by atoms with Gasteiger partial charge < -0.3 is 10.1 Å². The molecule has 0 unspecified atom stereocenters. The monoisotopic (exact) mass is 508 g/mol. The fourth-order valence-electron chi connectivity index (χ4n) is 1.77. The number of benzene rings is 2. The van der Waals surface area contributed by atoms with Gasteiger partial charge in [0.25, 0.3) is 5.91 Å². The number of nitrogens with one attached hydrogen (secondary N) is 2. The highest BCUT2D eigenvalue weighted by molar-refractivity contribution is 14.1. The van der Waals surface area contributed by atoms with Gasteiger partial charge in [0.2, 0.25) is 0 Å². The summed E-state index contributed by atoms with van der Waals surface area (Å²) in [4.78, 5) is 12.3. The molecule has 0 spiro atoms. The van der Waals surface area contributed by atoms with Crippen molar-refractivity contribution in [2.75, 3.05) is 12.4 Å². The van der Waals surface area contributed by atoms with Gasteiger partial charge in [-0.25, -0.2) is 4.39 Å². The van der Waals surface area contributed by atoms with Crippen LogP contribution in [0.15, 0.2) is 40.9 Å². The zero-order valence-electron chi connectivity index (χ0n) is 11.8. The zero-order chi connectivity index (χ0) is 17.0. The van der Waals surface area contributed by atoms with Gasteiger partial charge in [-0.05, 0) is 71.2 Å². The van der Waals surface area contributed by atoms with Crippen LogP contribution >= 0.6 is 50.7 Å². The van der Waals surface area contributed by atoms with E-state index in [1.807, 2.05) is 22.6 Å². The van der Waals surface area contributed by atoms with E-state index in [1.165, 1.54) is 13.2 Å². The van der Waals surface area contributed by atoms with Crippen molar-refractivity contribution in [3.63, 3.8) is 0 Å². The highest BCUT2D eigenvalue weighted by Crippen LogP contribution is 2.23. The van der Waals surface area contributed by atoms with E-state index in [0.717, 1.165) is 8.04 Å². The molecule has 0 radical (unpaired) electrons. The Morgan fingerprint density at radius 1 is 1.30 bits per heavy atom. The third-order valence-electron chi connectivity index (χ3n) is 2.81. The molecule has 1 amide bonds. The smallest absolute Gasteiger partial charge is 0.261 e. The van der Waals surface area contributed by atoms with E-state index in [4.69, 9.17) is 17.0 Å². The number of rotatable bonds is 3. The van der Waals surface area contributed by atoms with Gasteiger partial charge in [0.05, 0.1) is 18.4 Å². The molecule has 0 aliphatic heterocycles. The maximum absolute atomic E-state index is 13.8. The lowest BCUT2D eigenvalue weighted by Gasteiger charge is -2.12. The Balaban J connectivity index is 2.11. The minimum absolute atomic E-state index is 0.00265. The summed E-state index contributed by atoms with van der Waals surface area (Å²) in [6, 6.07) is 9.68. The summed E-state index contributed by atoms with van der Waals surface area (Å²) in [5.74, 6) is -0.492. The van der Waals surface area contributed by atoms with Gasteiger partial charge in [-0.1, -0.05) is 15.9 Å². The summed E-state index contributed by atoms with van der Waals surface area (Å²) in [7, 11) is 1.47. The number of methoxy groups -OCH3 is 1. The van der Waals surface area contributed by atoms with E-state index in [0.29, 0.717) is 11.3 Å². The molecule has 0 atom stereocenters. The molecule has 120 valence electrons. The van der Waals surface area contributed by atoms with E-state index in [1.54, 1.807) is 30.3 Å². The predicted molar refractivity (Wildman–Crippen MR) is 103 cm³/mol. The van der Waals surface area contributed by atoms with Crippen LogP contribution in [0.1, 0.15) is 10.4 Å². The number of hydrogen-bond acceptors (Lipinski definition) is 3. The lowest BCUT2D eigenvalue weighted by Crippen LogP contribution is -2.34. The summed E-state index contributed by atoms with van der Waals surface area (Å²) >= 11 is 10.4. The van der Waals surface area contributed by atoms with Crippen LogP contribution in [0.5, 0.6) is 5.75 Å². The predicted octanol–water partition coefficient (Wildman–Crippen LogP) is 4.33. The molecule has 2 aromatic rings. The molecule has 0 saturated heterocycles. The first-order valence-electron chi connectivity index (χ1n) is 6.31. The average molecular weight is 509 g/mol. The van der Waals surface area contributed by atoms with Gasteiger partial charge in [0.15, 0.2) is 5.11 Å². The van der Waals surface area contributed by atoms with E-state index in [-0.39, 0.29) is 10.8 Å². The minimum atomic E-state index is -0.452. The number of carbonyl (C=O) groups is 1. The Hall–Kier alpha value is -1.26. The molecule has 0 aromatic heterocycles. The number of halogens is 3. The van der Waals surface area contributed by atoms with Gasteiger partial charge in [-0.2, -0.15) is 0 Å². The quantitative estimate of drug-likeness (QED) is 0.478. The second kappa shape index (κ2) is 8.02. The van der Waals surface area contributed by atoms with Crippen molar-refractivity contribution >= 4 is 67.4 Å². The summed E-state index contributed by atoms with van der Waals surface area (Å²) < 4.78 is 20.4. The van der Waals surface area contributed by atoms with Crippen molar-refractivity contribution in [1.82, 2.24) is 5.32 Å². The van der Waals surface area contributed by atoms with Crippen molar-refractivity contribution in [2.24, 2.45) is 0 Å². The van der Waals surface area contributed by atoms with Crippen LogP contribution in [0.3, 0.4) is 0 Å². The molecule has 4 nitrogen and oxygen atoms in total. The number of thiocarbonyl (C=S) groups is 1. The Morgan fingerprint density at radius 3 is 2.70 bits per heavy atom. The van der Waals surface area contributed by atoms with Crippen molar-refractivity contribution in [2.45, 2.75) is 0 Å². The normalized spacial score (nSPS) is 10.1. The summed E-state index contributed by atoms with van der Waals surface area (Å²) in [6.45, 7) is 0. The van der Waals surface area contributed by atoms with E-state index >= 15 is 0 Å². The summed E-state index contributed by atoms with van der Waals surface area (Å²) in [5.41, 5.74) is 0.506. The second-order valence-electron chi connectivity index (χ2n) is 4.38. The summed E-state index contributed by atoms with van der Waals surface area (Å²) in [5, 5.41) is 5.16. The number of anilines is 1. The van der Waals surface area contributed by atoms with Crippen LogP contribution in [0.4, 0.5) is 10.1 Å². The molecule has 0 heterocycles. The Labute approximate surface area is 160 Å². The molecule has 0 saturated carbocycles. The molecule has 0 aliphatic rings. The van der Waals surface area contributed by atoms with Crippen LogP contribution in [0.2, 0.25) is 0 Å². The van der Waals surface area contributed by atoms with E-state index in [9.17, 15) is 9.18 Å². The first-order valence-corrected chi connectivity index (χ1v) is 8.59. The fraction of sp³-hybridized carbons (Fsp3) is 0.0667. The van der Waals surface area contributed by atoms with Crippen molar-refractivity contribution < 1.29 is 13.9 Å². The first-order chi connectivity index (χ1) is 10.9. The maximum atomic E-state index is 13.8. The van der Waals surface area contributed by atoms with Crippen LogP contribution in [-0.4, -0.2) is 18.1 Å². The van der Waals surface area contributed by atoms with Crippen LogP contribution in [-0.2, 0) is 0 Å². The molecular weight excluding hydrogens is 498 g/mol. The van der Waals surface area contributed by atoms with E-state index in [2.05, 4.69) is 26.6 Å². The molecule has 0 bridgehead atoms. The van der Waals surface area contributed by atoms with Crippen LogP contribution in [0.25, 0.3) is 0 Å². The number of carbonyl (C=O) groups excluding carboxylic acids is 1. The molecule has 0 fully saturated rings. The fourth-order valence-corrected chi connectivity index (χ4v) is 2.79. The first kappa shape index (κ1) is 18.1. The SMILES string of the molecule is COc1ccc(Br)cc1C(=O)NC(=S)Nc1ccc(I)cc1F. The largest absolute Gasteiger partial charge is 0.496 e. The lowest BCUT2D eigenvalue weighted by molar-refractivity contribution is 0.0974. The molecule has 2 N–H and O–H groups in total. The standard InChI is InChI=1S/C15H11BrFIN2O2S/c1-22-13-5-2-8(16)6-10(13)14(21)20-15(23)19-12-4-3-9(18)7-11(12)17/h2-7H,1H3,(H2,19,20,21,23). The van der Waals surface area contributed by atoms with Crippen molar-refractivity contribution in [3.8, 4) is 5.75 Å². The Bertz CT molecular complexity index is 773. The van der Waals surface area contributed by atoms with Gasteiger partial charge in [0.1, 0.15) is 11.6 Å². The Morgan fingerprint density at radius 2 is 2.04 bits per heavy atom. The number of amides is 1.